The number of aryl methyl sites for hydroxylation is 3. The number of aliphatic carboxylic acids is 1. The predicted octanol–water partition coefficient (Wildman–Crippen LogP) is 3.82. The lowest BCUT2D eigenvalue weighted by molar-refractivity contribution is -0.139. The molecule has 39 heavy (non-hydrogen) atoms. The number of carboxylic acid groups (broad SMARTS) is 1. The zero-order chi connectivity index (χ0) is 27.8. The van der Waals surface area contributed by atoms with Gasteiger partial charge in [0.1, 0.15) is 11.9 Å². The number of ether oxygens (including phenoxy) is 1. The molecule has 1 aromatic carbocycles. The molecule has 0 radical (unpaired) electrons. The van der Waals surface area contributed by atoms with Crippen molar-refractivity contribution in [1.82, 2.24) is 14.9 Å². The number of nitrogens with zero attached hydrogens (tertiary/aromatic N) is 2. The highest BCUT2D eigenvalue weighted by atomic mass is 16.5. The van der Waals surface area contributed by atoms with Gasteiger partial charge in [-0.25, -0.2) is 9.78 Å². The van der Waals surface area contributed by atoms with Crippen LogP contribution in [0.5, 0.6) is 0 Å². The lowest BCUT2D eigenvalue weighted by atomic mass is 10.1. The highest BCUT2D eigenvalue weighted by Crippen LogP contribution is 2.20. The predicted molar refractivity (Wildman–Crippen MR) is 150 cm³/mol. The lowest BCUT2D eigenvalue weighted by Crippen LogP contribution is -2.42. The van der Waals surface area contributed by atoms with Crippen molar-refractivity contribution in [3.05, 3.63) is 87.0 Å². The second kappa shape index (κ2) is 13.2. The molecule has 0 bridgehead atoms. The van der Waals surface area contributed by atoms with Gasteiger partial charge in [-0.15, -0.1) is 0 Å². The first-order valence-electron chi connectivity index (χ1n) is 13.5. The van der Waals surface area contributed by atoms with Crippen molar-refractivity contribution in [3.8, 4) is 5.69 Å². The first-order valence-corrected chi connectivity index (χ1v) is 13.5. The molecular weight excluding hydrogens is 496 g/mol. The summed E-state index contributed by atoms with van der Waals surface area (Å²) in [6, 6.07) is 13.5. The zero-order valence-electron chi connectivity index (χ0n) is 22.5. The summed E-state index contributed by atoms with van der Waals surface area (Å²) in [6.07, 6.45) is 4.95. The number of carbonyl (C=O) groups is 2. The summed E-state index contributed by atoms with van der Waals surface area (Å²) < 4.78 is 7.13. The molecular formula is C30H36N4O5. The van der Waals surface area contributed by atoms with Crippen LogP contribution in [0.4, 0.5) is 5.82 Å². The highest BCUT2D eigenvalue weighted by Gasteiger charge is 2.24. The summed E-state index contributed by atoms with van der Waals surface area (Å²) in [5, 5.41) is 15.7. The zero-order valence-corrected chi connectivity index (χ0v) is 22.5. The van der Waals surface area contributed by atoms with Gasteiger partial charge in [0.2, 0.25) is 0 Å². The van der Waals surface area contributed by atoms with Crippen molar-refractivity contribution in [3.63, 3.8) is 0 Å². The largest absolute Gasteiger partial charge is 0.480 e. The van der Waals surface area contributed by atoms with Crippen LogP contribution in [0.25, 0.3) is 5.69 Å². The fourth-order valence-electron chi connectivity index (χ4n) is 4.94. The van der Waals surface area contributed by atoms with Gasteiger partial charge < -0.3 is 20.5 Å². The molecule has 1 aliphatic heterocycles. The molecule has 0 fully saturated rings. The minimum Gasteiger partial charge on any atom is -0.480 e. The van der Waals surface area contributed by atoms with E-state index in [1.807, 2.05) is 18.2 Å². The topological polar surface area (TPSA) is 123 Å². The number of benzene rings is 1. The van der Waals surface area contributed by atoms with Gasteiger partial charge in [-0.2, -0.15) is 0 Å². The maximum absolute atomic E-state index is 13.2. The summed E-state index contributed by atoms with van der Waals surface area (Å²) >= 11 is 0. The number of hydrogen-bond acceptors (Lipinski definition) is 6. The molecule has 4 rings (SSSR count). The molecule has 0 spiro atoms. The number of para-hydroxylation sites is 1. The minimum absolute atomic E-state index is 0.134. The molecule has 206 valence electrons. The summed E-state index contributed by atoms with van der Waals surface area (Å²) in [5.41, 5.74) is 3.94. The van der Waals surface area contributed by atoms with E-state index >= 15 is 0 Å². The maximum atomic E-state index is 13.2. The number of rotatable bonds is 12. The minimum atomic E-state index is -1.13. The Hall–Kier alpha value is -3.98. The van der Waals surface area contributed by atoms with Crippen LogP contribution in [-0.4, -0.2) is 52.3 Å². The Morgan fingerprint density at radius 2 is 1.92 bits per heavy atom. The van der Waals surface area contributed by atoms with E-state index in [0.717, 1.165) is 50.2 Å². The van der Waals surface area contributed by atoms with Crippen LogP contribution in [-0.2, 0) is 22.4 Å². The number of carboxylic acids is 1. The number of hydrogen-bond donors (Lipinski definition) is 3. The van der Waals surface area contributed by atoms with E-state index in [1.54, 1.807) is 26.0 Å². The van der Waals surface area contributed by atoms with Crippen molar-refractivity contribution >= 4 is 17.7 Å². The number of fused-ring (bicyclic) bond motifs is 1. The third-order valence-electron chi connectivity index (χ3n) is 6.97. The highest BCUT2D eigenvalue weighted by molar-refractivity contribution is 5.98. The molecule has 0 saturated carbocycles. The number of unbranched alkanes of at least 4 members (excludes halogenated alkanes) is 1. The Morgan fingerprint density at radius 1 is 1.13 bits per heavy atom. The number of anilines is 1. The maximum Gasteiger partial charge on any atom is 0.326 e. The van der Waals surface area contributed by atoms with Crippen LogP contribution < -0.4 is 16.2 Å². The van der Waals surface area contributed by atoms with E-state index in [2.05, 4.69) is 22.8 Å². The molecule has 0 aliphatic carbocycles. The fourth-order valence-corrected chi connectivity index (χ4v) is 4.94. The van der Waals surface area contributed by atoms with Gasteiger partial charge in [-0.1, -0.05) is 24.3 Å². The van der Waals surface area contributed by atoms with Gasteiger partial charge in [0.05, 0.1) is 5.56 Å². The van der Waals surface area contributed by atoms with Gasteiger partial charge in [0.25, 0.3) is 11.5 Å². The second-order valence-corrected chi connectivity index (χ2v) is 9.86. The van der Waals surface area contributed by atoms with Gasteiger partial charge in [0, 0.05) is 49.3 Å². The van der Waals surface area contributed by atoms with Crippen LogP contribution in [0.3, 0.4) is 0 Å². The monoisotopic (exact) mass is 532 g/mol. The second-order valence-electron chi connectivity index (χ2n) is 9.86. The smallest absolute Gasteiger partial charge is 0.326 e. The normalized spacial score (nSPS) is 13.3. The van der Waals surface area contributed by atoms with Crippen LogP contribution in [0.1, 0.15) is 58.6 Å². The third-order valence-corrected chi connectivity index (χ3v) is 6.97. The Kier molecular flexibility index (Phi) is 9.49. The molecule has 0 saturated heterocycles. The van der Waals surface area contributed by atoms with Crippen molar-refractivity contribution in [2.45, 2.75) is 58.4 Å². The number of carbonyl (C=O) groups excluding carboxylic acids is 1. The number of pyridine rings is 2. The molecule has 1 amide bonds. The van der Waals surface area contributed by atoms with Crippen molar-refractivity contribution in [2.24, 2.45) is 0 Å². The van der Waals surface area contributed by atoms with Gasteiger partial charge in [-0.3, -0.25) is 14.2 Å². The SMILES string of the molecule is Cc1cc(=O)n(-c2ccccc2)c(C)c1C(=O)N[C@@H](CCOCCCCc1ccc2c(n1)NCCC2)C(=O)O. The van der Waals surface area contributed by atoms with Gasteiger partial charge in [-0.05, 0) is 75.3 Å². The summed E-state index contributed by atoms with van der Waals surface area (Å²) in [6.45, 7) is 5.04. The average Bonchev–Trinajstić information content (AvgIpc) is 2.92. The first-order chi connectivity index (χ1) is 18.8. The van der Waals surface area contributed by atoms with Gasteiger partial charge >= 0.3 is 5.97 Å². The van der Waals surface area contributed by atoms with E-state index in [9.17, 15) is 19.5 Å². The number of aromatic nitrogens is 2. The molecule has 3 aromatic rings. The van der Waals surface area contributed by atoms with E-state index < -0.39 is 17.9 Å². The van der Waals surface area contributed by atoms with Crippen LogP contribution >= 0.6 is 0 Å². The van der Waals surface area contributed by atoms with Crippen LogP contribution in [0.15, 0.2) is 53.3 Å². The molecule has 0 unspecified atom stereocenters. The van der Waals surface area contributed by atoms with Crippen LogP contribution in [0.2, 0.25) is 0 Å². The molecule has 3 N–H and O–H groups in total. The molecule has 2 aromatic heterocycles. The molecule has 9 nitrogen and oxygen atoms in total. The lowest BCUT2D eigenvalue weighted by Gasteiger charge is -2.19. The average molecular weight is 533 g/mol. The Morgan fingerprint density at radius 3 is 2.69 bits per heavy atom. The van der Waals surface area contributed by atoms with Crippen molar-refractivity contribution in [1.29, 1.82) is 0 Å². The standard InChI is InChI=1S/C30H36N4O5/c1-20-19-26(35)34(24-11-4-3-5-12-24)21(2)27(20)29(36)33-25(30(37)38)15-18-39-17-7-6-10-23-14-13-22-9-8-16-31-28(22)32-23/h3-5,11-14,19,25H,6-10,15-18H2,1-2H3,(H,31,32)(H,33,36)(H,37,38)/t25-/m0/s1. The third kappa shape index (κ3) is 7.11. The fraction of sp³-hybridized carbons (Fsp3) is 0.400. The van der Waals surface area contributed by atoms with Crippen LogP contribution in [0, 0.1) is 13.8 Å². The van der Waals surface area contributed by atoms with Gasteiger partial charge in [0.15, 0.2) is 0 Å². The first kappa shape index (κ1) is 28.0. The quantitative estimate of drug-likeness (QED) is 0.303. The number of nitrogens with one attached hydrogen (secondary N) is 2. The Bertz CT molecular complexity index is 1370. The number of amides is 1. The van der Waals surface area contributed by atoms with Crippen molar-refractivity contribution in [2.75, 3.05) is 25.1 Å². The molecule has 1 aliphatic rings. The summed E-state index contributed by atoms with van der Waals surface area (Å²) in [5.74, 6) is -0.666. The van der Waals surface area contributed by atoms with E-state index in [0.29, 0.717) is 23.6 Å². The summed E-state index contributed by atoms with van der Waals surface area (Å²) in [7, 11) is 0. The van der Waals surface area contributed by atoms with E-state index in [-0.39, 0.29) is 24.2 Å². The Balaban J connectivity index is 1.27. The van der Waals surface area contributed by atoms with Crippen molar-refractivity contribution < 1.29 is 19.4 Å². The Labute approximate surface area is 228 Å². The summed E-state index contributed by atoms with van der Waals surface area (Å²) in [4.78, 5) is 42.4. The molecule has 1 atom stereocenters. The molecule has 9 heteroatoms. The van der Waals surface area contributed by atoms with E-state index in [4.69, 9.17) is 9.72 Å². The van der Waals surface area contributed by atoms with E-state index in [1.165, 1.54) is 16.2 Å². The molecule has 3 heterocycles.